The Labute approximate surface area is 155 Å². The van der Waals surface area contributed by atoms with E-state index >= 15 is 0 Å². The first-order chi connectivity index (χ1) is 12.9. The molecule has 1 heterocycles. The summed E-state index contributed by atoms with van der Waals surface area (Å²) in [4.78, 5) is 0. The first-order valence-electron chi connectivity index (χ1n) is 11.0. The fourth-order valence-electron chi connectivity index (χ4n) is 8.95. The predicted octanol–water partition coefficient (Wildman–Crippen LogP) is 3.10. The number of hydrogen-bond acceptors (Lipinski definition) is 3. The monoisotopic (exact) mass is 351 g/mol. The summed E-state index contributed by atoms with van der Waals surface area (Å²) in [6, 6.07) is 11.7. The van der Waals surface area contributed by atoms with Gasteiger partial charge in [0, 0.05) is 17.9 Å². The largest absolute Gasteiger partial charge is 0.347 e. The molecule has 1 aromatic carbocycles. The summed E-state index contributed by atoms with van der Waals surface area (Å²) >= 11 is 0. The molecule has 0 radical (unpaired) electrons. The normalized spacial score (nSPS) is 50.2. The molecule has 138 valence electrons. The standard InChI is InChI=1S/C23H29NO2/c1-2-6-13(7-3-1)8-4-5-9-24-22-18-14-12-15-17-16(14)19(22)21(17)23(20(15)18)25-10-11-26-23/h1-3,6-7,14-22,24H,4-5,8-12H2/t14-,15+,16-,17+,18+,19-,20-,21+,22-/m0/s1. The molecule has 1 N–H and O–H groups in total. The number of aryl methyl sites for hydroxylation is 1. The van der Waals surface area contributed by atoms with Crippen molar-refractivity contribution in [2.75, 3.05) is 19.8 Å². The molecule has 2 bridgehead atoms. The van der Waals surface area contributed by atoms with E-state index in [0.29, 0.717) is 5.92 Å². The molecule has 26 heavy (non-hydrogen) atoms. The van der Waals surface area contributed by atoms with Crippen molar-refractivity contribution < 1.29 is 9.47 Å². The number of benzene rings is 1. The molecule has 1 aliphatic heterocycles. The molecule has 1 spiro atoms. The fraction of sp³-hybridized carbons (Fsp3) is 0.739. The van der Waals surface area contributed by atoms with Gasteiger partial charge in [-0.3, -0.25) is 0 Å². The molecule has 5 saturated carbocycles. The fourth-order valence-corrected chi connectivity index (χ4v) is 8.95. The number of nitrogens with one attached hydrogen (secondary N) is 1. The van der Waals surface area contributed by atoms with Crippen LogP contribution >= 0.6 is 0 Å². The van der Waals surface area contributed by atoms with E-state index < -0.39 is 0 Å². The lowest BCUT2D eigenvalue weighted by atomic mass is 9.57. The van der Waals surface area contributed by atoms with Crippen LogP contribution < -0.4 is 5.32 Å². The summed E-state index contributed by atoms with van der Waals surface area (Å²) in [6.45, 7) is 2.85. The van der Waals surface area contributed by atoms with Crippen LogP contribution in [0.15, 0.2) is 30.3 Å². The zero-order chi connectivity index (χ0) is 16.9. The summed E-state index contributed by atoms with van der Waals surface area (Å²) in [5.41, 5.74) is 1.48. The third-order valence-electron chi connectivity index (χ3n) is 9.23. The molecule has 1 saturated heterocycles. The molecule has 9 atom stereocenters. The van der Waals surface area contributed by atoms with Crippen LogP contribution in [0.5, 0.6) is 0 Å². The molecule has 5 aliphatic carbocycles. The van der Waals surface area contributed by atoms with E-state index in [1.807, 2.05) is 0 Å². The SMILES string of the molecule is c1ccc(CCCCN[C@@H]2[C@H]3[C@H]4[C@@H]5C[C@@H]6[C@H]4[C@H]3C3(OCCO3)[C@@H]6[C@@H]52)cc1. The van der Waals surface area contributed by atoms with Gasteiger partial charge in [-0.2, -0.15) is 0 Å². The van der Waals surface area contributed by atoms with E-state index in [1.54, 1.807) is 0 Å². The number of hydrogen-bond donors (Lipinski definition) is 1. The van der Waals surface area contributed by atoms with Crippen LogP contribution in [0.3, 0.4) is 0 Å². The number of ether oxygens (including phenoxy) is 2. The highest BCUT2D eigenvalue weighted by Gasteiger charge is 2.88. The Balaban J connectivity index is 1.02. The first kappa shape index (κ1) is 15.1. The molecule has 0 unspecified atom stereocenters. The Hall–Kier alpha value is -0.900. The van der Waals surface area contributed by atoms with Gasteiger partial charge >= 0.3 is 0 Å². The summed E-state index contributed by atoms with van der Waals surface area (Å²) < 4.78 is 12.7. The highest BCUT2D eigenvalue weighted by molar-refractivity contribution is 5.34. The van der Waals surface area contributed by atoms with Crippen molar-refractivity contribution in [1.29, 1.82) is 0 Å². The van der Waals surface area contributed by atoms with E-state index in [9.17, 15) is 0 Å². The predicted molar refractivity (Wildman–Crippen MR) is 98.3 cm³/mol. The van der Waals surface area contributed by atoms with Crippen molar-refractivity contribution in [3.05, 3.63) is 35.9 Å². The van der Waals surface area contributed by atoms with Crippen molar-refractivity contribution in [1.82, 2.24) is 5.32 Å². The Morgan fingerprint density at radius 2 is 1.73 bits per heavy atom. The first-order valence-corrected chi connectivity index (χ1v) is 11.0. The molecular weight excluding hydrogens is 322 g/mol. The molecule has 3 heteroatoms. The van der Waals surface area contributed by atoms with E-state index in [0.717, 1.165) is 60.7 Å². The highest BCUT2D eigenvalue weighted by Crippen LogP contribution is 2.86. The van der Waals surface area contributed by atoms with E-state index in [2.05, 4.69) is 35.6 Å². The van der Waals surface area contributed by atoms with Crippen LogP contribution in [0.4, 0.5) is 0 Å². The zero-order valence-electron chi connectivity index (χ0n) is 15.3. The van der Waals surface area contributed by atoms with Crippen molar-refractivity contribution in [3.8, 4) is 0 Å². The van der Waals surface area contributed by atoms with Gasteiger partial charge in [-0.05, 0) is 73.3 Å². The topological polar surface area (TPSA) is 30.5 Å². The average molecular weight is 351 g/mol. The molecule has 0 aromatic heterocycles. The number of fused-ring (bicyclic) bond motifs is 4. The Kier molecular flexibility index (Phi) is 2.97. The minimum Gasteiger partial charge on any atom is -0.347 e. The maximum absolute atomic E-state index is 6.35. The molecule has 0 amide bonds. The second-order valence-corrected chi connectivity index (χ2v) is 9.77. The van der Waals surface area contributed by atoms with Crippen molar-refractivity contribution in [3.63, 3.8) is 0 Å². The van der Waals surface area contributed by atoms with Gasteiger partial charge in [-0.1, -0.05) is 30.3 Å². The van der Waals surface area contributed by atoms with Crippen molar-refractivity contribution in [2.24, 2.45) is 47.3 Å². The van der Waals surface area contributed by atoms with Crippen LogP contribution in [-0.2, 0) is 15.9 Å². The van der Waals surface area contributed by atoms with Crippen molar-refractivity contribution in [2.45, 2.75) is 37.5 Å². The second kappa shape index (κ2) is 5.12. The lowest BCUT2D eigenvalue weighted by molar-refractivity contribution is -0.264. The summed E-state index contributed by atoms with van der Waals surface area (Å²) in [5, 5.41) is 4.04. The van der Waals surface area contributed by atoms with Gasteiger partial charge in [0.1, 0.15) is 0 Å². The molecule has 6 fully saturated rings. The minimum atomic E-state index is -0.141. The molecule has 6 aliphatic rings. The minimum absolute atomic E-state index is 0.141. The summed E-state index contributed by atoms with van der Waals surface area (Å²) in [7, 11) is 0. The Morgan fingerprint density at radius 3 is 2.58 bits per heavy atom. The molecule has 7 rings (SSSR count). The number of rotatable bonds is 6. The summed E-state index contributed by atoms with van der Waals surface area (Å²) in [6.07, 6.45) is 5.28. The van der Waals surface area contributed by atoms with E-state index in [-0.39, 0.29) is 5.79 Å². The molecule has 1 aromatic rings. The summed E-state index contributed by atoms with van der Waals surface area (Å²) in [5.74, 6) is 6.87. The van der Waals surface area contributed by atoms with Gasteiger partial charge in [0.2, 0.25) is 0 Å². The zero-order valence-corrected chi connectivity index (χ0v) is 15.3. The lowest BCUT2D eigenvalue weighted by Crippen LogP contribution is -2.62. The van der Waals surface area contributed by atoms with Crippen LogP contribution in [0.1, 0.15) is 24.8 Å². The average Bonchev–Trinajstić information content (AvgIpc) is 3.34. The third-order valence-corrected chi connectivity index (χ3v) is 9.23. The van der Waals surface area contributed by atoms with Gasteiger partial charge in [0.05, 0.1) is 13.2 Å². The van der Waals surface area contributed by atoms with Crippen LogP contribution in [0, 0.1) is 47.3 Å². The van der Waals surface area contributed by atoms with Crippen molar-refractivity contribution >= 4 is 0 Å². The van der Waals surface area contributed by atoms with E-state index in [4.69, 9.17) is 9.47 Å². The molecule has 3 nitrogen and oxygen atoms in total. The maximum Gasteiger partial charge on any atom is 0.175 e. The third kappa shape index (κ3) is 1.60. The van der Waals surface area contributed by atoms with Gasteiger partial charge in [-0.25, -0.2) is 0 Å². The van der Waals surface area contributed by atoms with Gasteiger partial charge < -0.3 is 14.8 Å². The maximum atomic E-state index is 6.35. The van der Waals surface area contributed by atoms with Crippen LogP contribution in [0.2, 0.25) is 0 Å². The highest BCUT2D eigenvalue weighted by atomic mass is 16.7. The van der Waals surface area contributed by atoms with Crippen LogP contribution in [0.25, 0.3) is 0 Å². The Morgan fingerprint density at radius 1 is 0.885 bits per heavy atom. The van der Waals surface area contributed by atoms with E-state index in [1.165, 1.54) is 37.8 Å². The second-order valence-electron chi connectivity index (χ2n) is 9.77. The number of unbranched alkanes of at least 4 members (excludes halogenated alkanes) is 1. The lowest BCUT2D eigenvalue weighted by Gasteiger charge is -2.54. The van der Waals surface area contributed by atoms with Gasteiger partial charge in [0.25, 0.3) is 0 Å². The van der Waals surface area contributed by atoms with Crippen LogP contribution in [-0.4, -0.2) is 31.6 Å². The quantitative estimate of drug-likeness (QED) is 0.799. The Bertz CT molecular complexity index is 714. The molecular formula is C23H29NO2. The van der Waals surface area contributed by atoms with Gasteiger partial charge in [0.15, 0.2) is 5.79 Å². The van der Waals surface area contributed by atoms with Gasteiger partial charge in [-0.15, -0.1) is 0 Å². The smallest absolute Gasteiger partial charge is 0.175 e.